The maximum Gasteiger partial charge on any atom is 0.303 e. The van der Waals surface area contributed by atoms with Crippen molar-refractivity contribution in [3.63, 3.8) is 0 Å². The second-order valence-corrected chi connectivity index (χ2v) is 4.35. The molecule has 1 heterocycles. The molecule has 17 heavy (non-hydrogen) atoms. The molecule has 0 radical (unpaired) electrons. The van der Waals surface area contributed by atoms with Crippen LogP contribution < -0.4 is 0 Å². The SMILES string of the molecule is O=C(O)CCCCCCCCCc1ccno1. The first kappa shape index (κ1) is 13.7. The van der Waals surface area contributed by atoms with Crippen LogP contribution in [0.1, 0.15) is 57.1 Å². The Balaban J connectivity index is 1.80. The van der Waals surface area contributed by atoms with E-state index in [0.29, 0.717) is 6.42 Å². The molecule has 0 saturated carbocycles. The third kappa shape index (κ3) is 7.55. The number of aliphatic carboxylic acids is 1. The average molecular weight is 239 g/mol. The lowest BCUT2D eigenvalue weighted by atomic mass is 10.1. The molecule has 0 saturated heterocycles. The maximum absolute atomic E-state index is 10.3. The number of rotatable bonds is 10. The highest BCUT2D eigenvalue weighted by atomic mass is 16.5. The van der Waals surface area contributed by atoms with Crippen molar-refractivity contribution >= 4 is 5.97 Å². The van der Waals surface area contributed by atoms with Gasteiger partial charge in [0.05, 0.1) is 6.20 Å². The monoisotopic (exact) mass is 239 g/mol. The van der Waals surface area contributed by atoms with Crippen molar-refractivity contribution in [2.24, 2.45) is 0 Å². The van der Waals surface area contributed by atoms with Gasteiger partial charge in [-0.15, -0.1) is 0 Å². The topological polar surface area (TPSA) is 63.3 Å². The van der Waals surface area contributed by atoms with E-state index < -0.39 is 5.97 Å². The van der Waals surface area contributed by atoms with Gasteiger partial charge < -0.3 is 9.63 Å². The Kier molecular flexibility index (Phi) is 7.11. The number of aromatic nitrogens is 1. The molecule has 96 valence electrons. The highest BCUT2D eigenvalue weighted by Gasteiger charge is 1.98. The van der Waals surface area contributed by atoms with Gasteiger partial charge in [-0.3, -0.25) is 4.79 Å². The highest BCUT2D eigenvalue weighted by molar-refractivity contribution is 5.66. The van der Waals surface area contributed by atoms with E-state index in [1.807, 2.05) is 6.07 Å². The lowest BCUT2D eigenvalue weighted by Gasteiger charge is -2.00. The summed E-state index contributed by atoms with van der Waals surface area (Å²) in [4.78, 5) is 10.3. The van der Waals surface area contributed by atoms with Gasteiger partial charge in [-0.2, -0.15) is 0 Å². The standard InChI is InChI=1S/C13H21NO3/c15-13(16)9-7-5-3-1-2-4-6-8-12-10-11-14-17-12/h10-11H,1-9H2,(H,15,16). The van der Waals surface area contributed by atoms with Crippen LogP contribution in [0.2, 0.25) is 0 Å². The van der Waals surface area contributed by atoms with Crippen LogP contribution in [0.15, 0.2) is 16.8 Å². The minimum atomic E-state index is -0.683. The van der Waals surface area contributed by atoms with Crippen LogP contribution in [0.3, 0.4) is 0 Å². The second kappa shape index (κ2) is 8.79. The van der Waals surface area contributed by atoms with Crippen LogP contribution in [-0.2, 0) is 11.2 Å². The van der Waals surface area contributed by atoms with Crippen LogP contribution in [0, 0.1) is 0 Å². The fourth-order valence-electron chi connectivity index (χ4n) is 1.83. The average Bonchev–Trinajstić information content (AvgIpc) is 2.79. The van der Waals surface area contributed by atoms with Crippen molar-refractivity contribution in [3.05, 3.63) is 18.0 Å². The minimum absolute atomic E-state index is 0.311. The Hall–Kier alpha value is -1.32. The van der Waals surface area contributed by atoms with Gasteiger partial charge in [-0.25, -0.2) is 0 Å². The van der Waals surface area contributed by atoms with Crippen LogP contribution in [-0.4, -0.2) is 16.2 Å². The number of carboxylic acid groups (broad SMARTS) is 1. The summed E-state index contributed by atoms with van der Waals surface area (Å²) in [5.74, 6) is 0.281. The molecule has 0 fully saturated rings. The quantitative estimate of drug-likeness (QED) is 0.635. The van der Waals surface area contributed by atoms with Crippen LogP contribution in [0.25, 0.3) is 0 Å². The Bertz CT molecular complexity index is 296. The zero-order valence-corrected chi connectivity index (χ0v) is 10.2. The highest BCUT2D eigenvalue weighted by Crippen LogP contribution is 2.10. The molecule has 4 nitrogen and oxygen atoms in total. The smallest absolute Gasteiger partial charge is 0.303 e. The number of unbranched alkanes of at least 4 members (excludes halogenated alkanes) is 6. The fraction of sp³-hybridized carbons (Fsp3) is 0.692. The molecule has 0 aliphatic carbocycles. The van der Waals surface area contributed by atoms with Crippen LogP contribution in [0.4, 0.5) is 0 Å². The molecule has 0 aromatic carbocycles. The maximum atomic E-state index is 10.3. The molecule has 0 unspecified atom stereocenters. The summed E-state index contributed by atoms with van der Waals surface area (Å²) >= 11 is 0. The summed E-state index contributed by atoms with van der Waals surface area (Å²) in [5, 5.41) is 12.1. The van der Waals surface area contributed by atoms with Crippen molar-refractivity contribution in [2.45, 2.75) is 57.8 Å². The normalized spacial score (nSPS) is 10.6. The van der Waals surface area contributed by atoms with Gasteiger partial charge in [0.15, 0.2) is 0 Å². The number of carbonyl (C=O) groups is 1. The van der Waals surface area contributed by atoms with Crippen molar-refractivity contribution in [2.75, 3.05) is 0 Å². The predicted octanol–water partition coefficient (Wildman–Crippen LogP) is 3.42. The third-order valence-electron chi connectivity index (χ3n) is 2.81. The molecule has 1 N–H and O–H groups in total. The molecule has 0 amide bonds. The van der Waals surface area contributed by atoms with Gasteiger partial charge in [-0.05, 0) is 12.8 Å². The molecule has 1 rings (SSSR count). The van der Waals surface area contributed by atoms with E-state index in [4.69, 9.17) is 9.63 Å². The molecule has 0 aliphatic heterocycles. The van der Waals surface area contributed by atoms with Gasteiger partial charge in [0.1, 0.15) is 5.76 Å². The number of aryl methyl sites for hydroxylation is 1. The summed E-state index contributed by atoms with van der Waals surface area (Å²) in [5.41, 5.74) is 0. The lowest BCUT2D eigenvalue weighted by molar-refractivity contribution is -0.137. The third-order valence-corrected chi connectivity index (χ3v) is 2.81. The second-order valence-electron chi connectivity index (χ2n) is 4.35. The molecule has 1 aromatic rings. The molecule has 0 bridgehead atoms. The molecule has 1 aromatic heterocycles. The molecule has 4 heteroatoms. The predicted molar refractivity (Wildman–Crippen MR) is 64.8 cm³/mol. The molecular formula is C13H21NO3. The molecule has 0 atom stereocenters. The van der Waals surface area contributed by atoms with Crippen LogP contribution >= 0.6 is 0 Å². The first-order valence-electron chi connectivity index (χ1n) is 6.40. The summed E-state index contributed by atoms with van der Waals surface area (Å²) < 4.78 is 5.01. The summed E-state index contributed by atoms with van der Waals surface area (Å²) in [6.45, 7) is 0. The molecule has 0 spiro atoms. The van der Waals surface area contributed by atoms with E-state index in [-0.39, 0.29) is 0 Å². The lowest BCUT2D eigenvalue weighted by Crippen LogP contribution is -1.93. The van der Waals surface area contributed by atoms with Crippen molar-refractivity contribution in [3.8, 4) is 0 Å². The summed E-state index contributed by atoms with van der Waals surface area (Å²) in [6.07, 6.45) is 10.7. The first-order chi connectivity index (χ1) is 8.29. The largest absolute Gasteiger partial charge is 0.481 e. The van der Waals surface area contributed by atoms with Gasteiger partial charge in [0, 0.05) is 18.9 Å². The Morgan fingerprint density at radius 3 is 2.35 bits per heavy atom. The van der Waals surface area contributed by atoms with E-state index in [2.05, 4.69) is 5.16 Å². The van der Waals surface area contributed by atoms with E-state index >= 15 is 0 Å². The Labute approximate surface area is 102 Å². The first-order valence-corrected chi connectivity index (χ1v) is 6.40. The van der Waals surface area contributed by atoms with Crippen LogP contribution in [0.5, 0.6) is 0 Å². The van der Waals surface area contributed by atoms with Crippen molar-refractivity contribution in [1.82, 2.24) is 5.16 Å². The number of hydrogen-bond acceptors (Lipinski definition) is 3. The van der Waals surface area contributed by atoms with Crippen molar-refractivity contribution in [1.29, 1.82) is 0 Å². The molecule has 0 aliphatic rings. The van der Waals surface area contributed by atoms with Gasteiger partial charge in [-0.1, -0.05) is 37.3 Å². The zero-order chi connectivity index (χ0) is 12.3. The zero-order valence-electron chi connectivity index (χ0n) is 10.2. The number of carboxylic acids is 1. The van der Waals surface area contributed by atoms with Gasteiger partial charge >= 0.3 is 5.97 Å². The minimum Gasteiger partial charge on any atom is -0.481 e. The summed E-state index contributed by atoms with van der Waals surface area (Å²) in [6, 6.07) is 1.91. The summed E-state index contributed by atoms with van der Waals surface area (Å²) in [7, 11) is 0. The Morgan fingerprint density at radius 1 is 1.12 bits per heavy atom. The van der Waals surface area contributed by atoms with E-state index in [9.17, 15) is 4.79 Å². The number of nitrogens with zero attached hydrogens (tertiary/aromatic N) is 1. The fourth-order valence-corrected chi connectivity index (χ4v) is 1.83. The molecular weight excluding hydrogens is 218 g/mol. The van der Waals surface area contributed by atoms with Gasteiger partial charge in [0.25, 0.3) is 0 Å². The van der Waals surface area contributed by atoms with Gasteiger partial charge in [0.2, 0.25) is 0 Å². The van der Waals surface area contributed by atoms with Crippen molar-refractivity contribution < 1.29 is 14.4 Å². The Morgan fingerprint density at radius 2 is 1.76 bits per heavy atom. The number of hydrogen-bond donors (Lipinski definition) is 1. The van der Waals surface area contributed by atoms with E-state index in [0.717, 1.165) is 37.9 Å². The van der Waals surface area contributed by atoms with E-state index in [1.165, 1.54) is 19.3 Å². The van der Waals surface area contributed by atoms with E-state index in [1.54, 1.807) is 6.20 Å².